The van der Waals surface area contributed by atoms with Crippen molar-refractivity contribution in [3.63, 3.8) is 0 Å². The molecule has 0 bridgehead atoms. The fourth-order valence-electron chi connectivity index (χ4n) is 3.14. The molecule has 0 atom stereocenters. The molecule has 2 rings (SSSR count). The van der Waals surface area contributed by atoms with Gasteiger partial charge in [0, 0.05) is 32.7 Å². The second-order valence-electron chi connectivity index (χ2n) is 6.12. The molecule has 0 aromatic rings. The molecule has 17 heavy (non-hydrogen) atoms. The largest absolute Gasteiger partial charge is 0.389 e. The summed E-state index contributed by atoms with van der Waals surface area (Å²) in [5, 5.41) is 10.6. The van der Waals surface area contributed by atoms with Gasteiger partial charge in [0.1, 0.15) is 0 Å². The molecule has 1 aliphatic heterocycles. The number of β-amino-alcohol motifs (C(OH)–C–C–N with tert-alkyl or cyclic N) is 1. The van der Waals surface area contributed by atoms with Gasteiger partial charge in [-0.1, -0.05) is 13.8 Å². The fourth-order valence-corrected chi connectivity index (χ4v) is 3.14. The van der Waals surface area contributed by atoms with E-state index in [2.05, 4.69) is 23.6 Å². The lowest BCUT2D eigenvalue weighted by molar-refractivity contribution is -0.0430. The van der Waals surface area contributed by atoms with Crippen LogP contribution in [0.5, 0.6) is 0 Å². The Morgan fingerprint density at radius 1 is 1.06 bits per heavy atom. The van der Waals surface area contributed by atoms with E-state index < -0.39 is 0 Å². The van der Waals surface area contributed by atoms with E-state index in [1.807, 2.05) is 0 Å². The molecule has 0 amide bonds. The molecular weight excluding hydrogens is 212 g/mol. The summed E-state index contributed by atoms with van der Waals surface area (Å²) in [6.45, 7) is 11.2. The first-order chi connectivity index (χ1) is 8.11. The highest BCUT2D eigenvalue weighted by Gasteiger charge is 2.34. The maximum absolute atomic E-state index is 10.6. The number of hydrogen-bond acceptors (Lipinski definition) is 3. The standard InChI is InChI=1S/C14H28N2O/c1-3-15-8-10-16(11-9-15)12-14(17)6-4-13(2)5-7-14/h13,17H,3-12H2,1-2H3. The Hall–Kier alpha value is -0.120. The molecule has 1 aliphatic carbocycles. The van der Waals surface area contributed by atoms with Gasteiger partial charge in [0.05, 0.1) is 5.60 Å². The lowest BCUT2D eigenvalue weighted by atomic mass is 9.79. The van der Waals surface area contributed by atoms with Crippen molar-refractivity contribution in [3.05, 3.63) is 0 Å². The van der Waals surface area contributed by atoms with Crippen LogP contribution in [-0.4, -0.2) is 59.8 Å². The molecule has 3 nitrogen and oxygen atoms in total. The average molecular weight is 240 g/mol. The molecule has 2 fully saturated rings. The lowest BCUT2D eigenvalue weighted by Crippen LogP contribution is -2.52. The van der Waals surface area contributed by atoms with Crippen LogP contribution in [0.4, 0.5) is 0 Å². The van der Waals surface area contributed by atoms with Crippen LogP contribution >= 0.6 is 0 Å². The molecule has 1 N–H and O–H groups in total. The summed E-state index contributed by atoms with van der Waals surface area (Å²) in [7, 11) is 0. The van der Waals surface area contributed by atoms with Gasteiger partial charge in [0.2, 0.25) is 0 Å². The van der Waals surface area contributed by atoms with E-state index in [1.165, 1.54) is 25.9 Å². The minimum atomic E-state index is -0.388. The smallest absolute Gasteiger partial charge is 0.0774 e. The van der Waals surface area contributed by atoms with Crippen LogP contribution in [-0.2, 0) is 0 Å². The van der Waals surface area contributed by atoms with Crippen molar-refractivity contribution in [2.75, 3.05) is 39.3 Å². The minimum absolute atomic E-state index is 0.388. The normalized spacial score (nSPS) is 37.2. The van der Waals surface area contributed by atoms with Gasteiger partial charge < -0.3 is 10.0 Å². The van der Waals surface area contributed by atoms with Gasteiger partial charge in [0.15, 0.2) is 0 Å². The molecular formula is C14H28N2O. The maximum Gasteiger partial charge on any atom is 0.0774 e. The van der Waals surface area contributed by atoms with Crippen LogP contribution in [0, 0.1) is 5.92 Å². The van der Waals surface area contributed by atoms with Crippen molar-refractivity contribution < 1.29 is 5.11 Å². The summed E-state index contributed by atoms with van der Waals surface area (Å²) in [5.74, 6) is 0.812. The molecule has 0 aromatic carbocycles. The van der Waals surface area contributed by atoms with E-state index in [1.54, 1.807) is 0 Å². The van der Waals surface area contributed by atoms with E-state index in [0.717, 1.165) is 44.9 Å². The van der Waals surface area contributed by atoms with Crippen molar-refractivity contribution in [1.82, 2.24) is 9.80 Å². The highest BCUT2D eigenvalue weighted by Crippen LogP contribution is 2.32. The summed E-state index contributed by atoms with van der Waals surface area (Å²) in [5.41, 5.74) is -0.388. The molecule has 0 unspecified atom stereocenters. The van der Waals surface area contributed by atoms with Crippen LogP contribution in [0.3, 0.4) is 0 Å². The summed E-state index contributed by atoms with van der Waals surface area (Å²) >= 11 is 0. The van der Waals surface area contributed by atoms with Crippen molar-refractivity contribution in [2.24, 2.45) is 5.92 Å². The van der Waals surface area contributed by atoms with E-state index in [4.69, 9.17) is 0 Å². The minimum Gasteiger partial charge on any atom is -0.389 e. The molecule has 2 aliphatic rings. The summed E-state index contributed by atoms with van der Waals surface area (Å²) in [6, 6.07) is 0. The zero-order valence-corrected chi connectivity index (χ0v) is 11.5. The van der Waals surface area contributed by atoms with Gasteiger partial charge in [-0.05, 0) is 38.1 Å². The summed E-state index contributed by atoms with van der Waals surface area (Å²) < 4.78 is 0. The molecule has 1 saturated heterocycles. The van der Waals surface area contributed by atoms with Gasteiger partial charge in [-0.3, -0.25) is 4.90 Å². The van der Waals surface area contributed by atoms with Crippen LogP contribution < -0.4 is 0 Å². The van der Waals surface area contributed by atoms with E-state index in [-0.39, 0.29) is 5.60 Å². The predicted octanol–water partition coefficient (Wildman–Crippen LogP) is 1.57. The van der Waals surface area contributed by atoms with Crippen molar-refractivity contribution >= 4 is 0 Å². The first kappa shape index (κ1) is 13.3. The quantitative estimate of drug-likeness (QED) is 0.811. The zero-order chi connectivity index (χ0) is 12.3. The SMILES string of the molecule is CCN1CCN(CC2(O)CCC(C)CC2)CC1. The topological polar surface area (TPSA) is 26.7 Å². The van der Waals surface area contributed by atoms with Gasteiger partial charge >= 0.3 is 0 Å². The number of hydrogen-bond donors (Lipinski definition) is 1. The third kappa shape index (κ3) is 3.67. The highest BCUT2D eigenvalue weighted by atomic mass is 16.3. The second kappa shape index (κ2) is 5.68. The number of nitrogens with zero attached hydrogens (tertiary/aromatic N) is 2. The first-order valence-corrected chi connectivity index (χ1v) is 7.28. The third-order valence-electron chi connectivity index (χ3n) is 4.64. The van der Waals surface area contributed by atoms with Crippen LogP contribution in [0.25, 0.3) is 0 Å². The molecule has 100 valence electrons. The van der Waals surface area contributed by atoms with Gasteiger partial charge in [0.25, 0.3) is 0 Å². The lowest BCUT2D eigenvalue weighted by Gasteiger charge is -2.41. The van der Waals surface area contributed by atoms with E-state index >= 15 is 0 Å². The highest BCUT2D eigenvalue weighted by molar-refractivity contribution is 4.88. The fraction of sp³-hybridized carbons (Fsp3) is 1.00. The summed E-state index contributed by atoms with van der Waals surface area (Å²) in [4.78, 5) is 4.95. The van der Waals surface area contributed by atoms with Crippen LogP contribution in [0.1, 0.15) is 39.5 Å². The first-order valence-electron chi connectivity index (χ1n) is 7.28. The maximum atomic E-state index is 10.6. The molecule has 3 heteroatoms. The molecule has 1 heterocycles. The Labute approximate surface area is 106 Å². The Morgan fingerprint density at radius 3 is 2.12 bits per heavy atom. The van der Waals surface area contributed by atoms with Crippen molar-refractivity contribution in [2.45, 2.75) is 45.1 Å². The van der Waals surface area contributed by atoms with Crippen LogP contribution in [0.15, 0.2) is 0 Å². The monoisotopic (exact) mass is 240 g/mol. The van der Waals surface area contributed by atoms with E-state index in [0.29, 0.717) is 0 Å². The Bertz CT molecular complexity index is 228. The number of likely N-dealkylation sites (N-methyl/N-ethyl adjacent to an activating group) is 1. The summed E-state index contributed by atoms with van der Waals surface area (Å²) in [6.07, 6.45) is 4.40. The van der Waals surface area contributed by atoms with Crippen molar-refractivity contribution in [3.8, 4) is 0 Å². The second-order valence-corrected chi connectivity index (χ2v) is 6.12. The third-order valence-corrected chi connectivity index (χ3v) is 4.64. The zero-order valence-electron chi connectivity index (χ0n) is 11.5. The van der Waals surface area contributed by atoms with Gasteiger partial charge in [-0.15, -0.1) is 0 Å². The van der Waals surface area contributed by atoms with Gasteiger partial charge in [-0.25, -0.2) is 0 Å². The number of piperazine rings is 1. The Morgan fingerprint density at radius 2 is 1.59 bits per heavy atom. The van der Waals surface area contributed by atoms with E-state index in [9.17, 15) is 5.11 Å². The predicted molar refractivity (Wildman–Crippen MR) is 71.1 cm³/mol. The molecule has 1 saturated carbocycles. The Balaban J connectivity index is 1.77. The Kier molecular flexibility index (Phi) is 4.45. The molecule has 0 spiro atoms. The molecule has 0 aromatic heterocycles. The van der Waals surface area contributed by atoms with Crippen molar-refractivity contribution in [1.29, 1.82) is 0 Å². The number of rotatable bonds is 3. The van der Waals surface area contributed by atoms with Gasteiger partial charge in [-0.2, -0.15) is 0 Å². The average Bonchev–Trinajstić information content (AvgIpc) is 2.34. The van der Waals surface area contributed by atoms with Crippen LogP contribution in [0.2, 0.25) is 0 Å². The number of aliphatic hydroxyl groups is 1. The molecule has 0 radical (unpaired) electrons.